The molecule has 1 aromatic rings. The molecule has 4 aliphatic carbocycles. The predicted molar refractivity (Wildman–Crippen MR) is 116 cm³/mol. The average molecular weight is 436 g/mol. The van der Waals surface area contributed by atoms with Gasteiger partial charge in [-0.2, -0.15) is 4.31 Å². The summed E-state index contributed by atoms with van der Waals surface area (Å²) in [5.74, 6) is 2.59. The number of ether oxygens (including phenoxy) is 1. The second-order valence-electron chi connectivity index (χ2n) is 9.32. The molecule has 6 rings (SSSR count). The van der Waals surface area contributed by atoms with Crippen LogP contribution in [0.1, 0.15) is 38.5 Å². The Morgan fingerprint density at radius 2 is 1.55 bits per heavy atom. The normalized spacial score (nSPS) is 34.1. The van der Waals surface area contributed by atoms with Crippen LogP contribution in [0.5, 0.6) is 0 Å². The minimum atomic E-state index is -3.47. The van der Waals surface area contributed by atoms with Crippen LogP contribution >= 0.6 is 12.2 Å². The van der Waals surface area contributed by atoms with Crippen molar-refractivity contribution >= 4 is 33.0 Å². The van der Waals surface area contributed by atoms with Gasteiger partial charge in [0.05, 0.1) is 18.1 Å². The summed E-state index contributed by atoms with van der Waals surface area (Å²) in [6.07, 6.45) is 7.91. The lowest BCUT2D eigenvalue weighted by atomic mass is 9.53. The zero-order valence-electron chi connectivity index (χ0n) is 16.6. The first kappa shape index (κ1) is 19.7. The van der Waals surface area contributed by atoms with Crippen LogP contribution in [0.4, 0.5) is 5.69 Å². The van der Waals surface area contributed by atoms with Crippen LogP contribution in [0, 0.1) is 17.8 Å². The molecule has 0 amide bonds. The van der Waals surface area contributed by atoms with Crippen molar-refractivity contribution in [3.8, 4) is 0 Å². The maximum absolute atomic E-state index is 12.7. The van der Waals surface area contributed by atoms with E-state index in [0.717, 1.165) is 23.4 Å². The molecule has 4 bridgehead atoms. The van der Waals surface area contributed by atoms with E-state index in [9.17, 15) is 8.42 Å². The number of thiocarbonyl (C=S) groups is 1. The molecule has 1 aromatic carbocycles. The molecular formula is C21H29N3O3S2. The van der Waals surface area contributed by atoms with Crippen LogP contribution in [0.3, 0.4) is 0 Å². The van der Waals surface area contributed by atoms with Crippen molar-refractivity contribution in [2.75, 3.05) is 31.6 Å². The third kappa shape index (κ3) is 3.92. The SMILES string of the molecule is O=S(=O)(c1ccc(NC(=S)NC23CC4CC(CC(C4)C2)C3)cc1)N1CCOCC1. The van der Waals surface area contributed by atoms with Crippen LogP contribution in [-0.4, -0.2) is 49.7 Å². The molecule has 1 heterocycles. The number of hydrogen-bond acceptors (Lipinski definition) is 4. The summed E-state index contributed by atoms with van der Waals surface area (Å²) in [7, 11) is -3.47. The van der Waals surface area contributed by atoms with Gasteiger partial charge < -0.3 is 15.4 Å². The number of benzene rings is 1. The Kier molecular flexibility index (Phi) is 5.09. The van der Waals surface area contributed by atoms with E-state index >= 15 is 0 Å². The van der Waals surface area contributed by atoms with Crippen LogP contribution in [0.15, 0.2) is 29.2 Å². The molecule has 0 spiro atoms. The number of anilines is 1. The van der Waals surface area contributed by atoms with Gasteiger partial charge >= 0.3 is 0 Å². The van der Waals surface area contributed by atoms with E-state index in [-0.39, 0.29) is 5.54 Å². The third-order valence-electron chi connectivity index (χ3n) is 7.14. The fourth-order valence-corrected chi connectivity index (χ4v) is 8.06. The fraction of sp³-hybridized carbons (Fsp3) is 0.667. The molecule has 1 aliphatic heterocycles. The van der Waals surface area contributed by atoms with Crippen molar-refractivity contribution in [2.24, 2.45) is 17.8 Å². The summed E-state index contributed by atoms with van der Waals surface area (Å²) in [6, 6.07) is 6.89. The van der Waals surface area contributed by atoms with Gasteiger partial charge in [0, 0.05) is 24.3 Å². The monoisotopic (exact) mass is 435 g/mol. The molecule has 2 N–H and O–H groups in total. The quantitative estimate of drug-likeness (QED) is 0.709. The third-order valence-corrected chi connectivity index (χ3v) is 9.25. The smallest absolute Gasteiger partial charge is 0.243 e. The molecule has 5 aliphatic rings. The van der Waals surface area contributed by atoms with Crippen LogP contribution in [0.25, 0.3) is 0 Å². The van der Waals surface area contributed by atoms with E-state index in [1.165, 1.54) is 42.8 Å². The van der Waals surface area contributed by atoms with Gasteiger partial charge in [-0.3, -0.25) is 0 Å². The maximum Gasteiger partial charge on any atom is 0.243 e. The fourth-order valence-electron chi connectivity index (χ4n) is 6.31. The first-order valence-corrected chi connectivity index (χ1v) is 12.5. The van der Waals surface area contributed by atoms with Gasteiger partial charge in [0.15, 0.2) is 5.11 Å². The summed E-state index contributed by atoms with van der Waals surface area (Å²) in [5.41, 5.74) is 0.978. The first-order chi connectivity index (χ1) is 13.9. The summed E-state index contributed by atoms with van der Waals surface area (Å²) in [6.45, 7) is 1.70. The molecule has 0 atom stereocenters. The lowest BCUT2D eigenvalue weighted by molar-refractivity contribution is -0.00972. The number of sulfonamides is 1. The van der Waals surface area contributed by atoms with Crippen molar-refractivity contribution in [3.05, 3.63) is 24.3 Å². The molecule has 0 radical (unpaired) electrons. The molecule has 8 heteroatoms. The Bertz CT molecular complexity index is 844. The Morgan fingerprint density at radius 3 is 2.10 bits per heavy atom. The van der Waals surface area contributed by atoms with Crippen molar-refractivity contribution in [1.29, 1.82) is 0 Å². The maximum atomic E-state index is 12.7. The molecule has 29 heavy (non-hydrogen) atoms. The Morgan fingerprint density at radius 1 is 1.00 bits per heavy atom. The molecule has 4 saturated carbocycles. The van der Waals surface area contributed by atoms with E-state index in [1.807, 2.05) is 0 Å². The minimum Gasteiger partial charge on any atom is -0.379 e. The lowest BCUT2D eigenvalue weighted by Gasteiger charge is -2.57. The van der Waals surface area contributed by atoms with Crippen molar-refractivity contribution in [1.82, 2.24) is 9.62 Å². The van der Waals surface area contributed by atoms with E-state index in [1.54, 1.807) is 24.3 Å². The highest BCUT2D eigenvalue weighted by atomic mass is 32.2. The second-order valence-corrected chi connectivity index (χ2v) is 11.7. The van der Waals surface area contributed by atoms with Crippen LogP contribution in [-0.2, 0) is 14.8 Å². The second kappa shape index (κ2) is 7.48. The number of hydrogen-bond donors (Lipinski definition) is 2. The van der Waals surface area contributed by atoms with E-state index in [2.05, 4.69) is 10.6 Å². The van der Waals surface area contributed by atoms with E-state index in [4.69, 9.17) is 17.0 Å². The van der Waals surface area contributed by atoms with Crippen LogP contribution in [0.2, 0.25) is 0 Å². The van der Waals surface area contributed by atoms with Crippen molar-refractivity contribution in [3.63, 3.8) is 0 Å². The average Bonchev–Trinajstić information content (AvgIpc) is 2.67. The summed E-state index contributed by atoms with van der Waals surface area (Å²) < 4.78 is 32.2. The number of rotatable bonds is 4. The molecule has 6 nitrogen and oxygen atoms in total. The molecule has 0 unspecified atom stereocenters. The predicted octanol–water partition coefficient (Wildman–Crippen LogP) is 2.96. The van der Waals surface area contributed by atoms with Gasteiger partial charge in [-0.25, -0.2) is 8.42 Å². The standard InChI is InChI=1S/C21H29N3O3S2/c25-29(26,24-5-7-27-8-6-24)19-3-1-18(2-4-19)22-20(28)23-21-12-15-9-16(13-21)11-17(10-15)14-21/h1-4,15-17H,5-14H2,(H2,22,23,28). The molecule has 1 saturated heterocycles. The highest BCUT2D eigenvalue weighted by Gasteiger charge is 2.51. The summed E-state index contributed by atoms with van der Waals surface area (Å²) in [4.78, 5) is 0.310. The van der Waals surface area contributed by atoms with Gasteiger partial charge in [0.2, 0.25) is 10.0 Å². The van der Waals surface area contributed by atoms with E-state index in [0.29, 0.717) is 36.3 Å². The summed E-state index contributed by atoms with van der Waals surface area (Å²) in [5, 5.41) is 7.57. The van der Waals surface area contributed by atoms with Gasteiger partial charge in [-0.05, 0) is 92.8 Å². The Labute approximate surface area is 178 Å². The van der Waals surface area contributed by atoms with Crippen LogP contribution < -0.4 is 10.6 Å². The number of morpholine rings is 1. The van der Waals surface area contributed by atoms with Gasteiger partial charge in [0.25, 0.3) is 0 Å². The largest absolute Gasteiger partial charge is 0.379 e. The molecule has 0 aromatic heterocycles. The zero-order valence-corrected chi connectivity index (χ0v) is 18.2. The van der Waals surface area contributed by atoms with Gasteiger partial charge in [-0.1, -0.05) is 0 Å². The first-order valence-electron chi connectivity index (χ1n) is 10.7. The minimum absolute atomic E-state index is 0.165. The molecular weight excluding hydrogens is 406 g/mol. The molecule has 158 valence electrons. The highest BCUT2D eigenvalue weighted by Crippen LogP contribution is 2.55. The van der Waals surface area contributed by atoms with Gasteiger partial charge in [-0.15, -0.1) is 0 Å². The Hall–Kier alpha value is -1.22. The number of nitrogens with one attached hydrogen (secondary N) is 2. The zero-order chi connectivity index (χ0) is 20.1. The molecule has 5 fully saturated rings. The van der Waals surface area contributed by atoms with Crippen molar-refractivity contribution < 1.29 is 13.2 Å². The van der Waals surface area contributed by atoms with E-state index < -0.39 is 10.0 Å². The van der Waals surface area contributed by atoms with Crippen molar-refractivity contribution in [2.45, 2.75) is 49.0 Å². The Balaban J connectivity index is 1.23. The van der Waals surface area contributed by atoms with Gasteiger partial charge in [0.1, 0.15) is 0 Å². The lowest BCUT2D eigenvalue weighted by Crippen LogP contribution is -2.60. The summed E-state index contributed by atoms with van der Waals surface area (Å²) >= 11 is 5.62. The highest BCUT2D eigenvalue weighted by molar-refractivity contribution is 7.89. The number of nitrogens with zero attached hydrogens (tertiary/aromatic N) is 1. The topological polar surface area (TPSA) is 70.7 Å².